The molecule has 0 unspecified atom stereocenters. The van der Waals surface area contributed by atoms with Crippen LogP contribution in [0.2, 0.25) is 0 Å². The molecule has 3 aromatic rings. The van der Waals surface area contributed by atoms with Crippen molar-refractivity contribution < 1.29 is 13.8 Å². The number of nitrogens with zero attached hydrogens (tertiary/aromatic N) is 3. The molecule has 1 aromatic carbocycles. The maximum atomic E-state index is 12.8. The van der Waals surface area contributed by atoms with E-state index in [0.717, 1.165) is 5.56 Å². The molecule has 23 heavy (non-hydrogen) atoms. The number of hydrogen-bond donors (Lipinski definition) is 0. The number of benzene rings is 1. The molecule has 0 aliphatic heterocycles. The minimum absolute atomic E-state index is 0.164. The first kappa shape index (κ1) is 15.0. The van der Waals surface area contributed by atoms with E-state index in [1.807, 2.05) is 43.3 Å². The van der Waals surface area contributed by atoms with Crippen molar-refractivity contribution >= 4 is 5.91 Å². The molecule has 118 valence electrons. The van der Waals surface area contributed by atoms with Gasteiger partial charge in [0.2, 0.25) is 0 Å². The molecular formula is C17H17N3O3. The second kappa shape index (κ2) is 6.08. The summed E-state index contributed by atoms with van der Waals surface area (Å²) in [4.78, 5) is 14.4. The van der Waals surface area contributed by atoms with Gasteiger partial charge in [0.05, 0.1) is 6.54 Å². The fraction of sp³-hybridized carbons (Fsp3) is 0.235. The predicted molar refractivity (Wildman–Crippen MR) is 83.7 cm³/mol. The molecular weight excluding hydrogens is 294 g/mol. The van der Waals surface area contributed by atoms with Crippen LogP contribution < -0.4 is 0 Å². The highest BCUT2D eigenvalue weighted by molar-refractivity contribution is 6.00. The van der Waals surface area contributed by atoms with Gasteiger partial charge < -0.3 is 13.9 Å². The highest BCUT2D eigenvalue weighted by Gasteiger charge is 2.24. The zero-order valence-electron chi connectivity index (χ0n) is 13.2. The van der Waals surface area contributed by atoms with Crippen LogP contribution in [0.4, 0.5) is 0 Å². The Kier molecular flexibility index (Phi) is 3.97. The van der Waals surface area contributed by atoms with Crippen molar-refractivity contribution in [3.8, 4) is 11.3 Å². The number of aromatic nitrogens is 2. The van der Waals surface area contributed by atoms with E-state index in [-0.39, 0.29) is 5.91 Å². The van der Waals surface area contributed by atoms with Crippen LogP contribution in [0.3, 0.4) is 0 Å². The Morgan fingerprint density at radius 1 is 1.13 bits per heavy atom. The summed E-state index contributed by atoms with van der Waals surface area (Å²) in [7, 11) is 1.72. The molecule has 6 heteroatoms. The minimum atomic E-state index is -0.164. The Morgan fingerprint density at radius 3 is 2.52 bits per heavy atom. The molecule has 0 saturated heterocycles. The summed E-state index contributed by atoms with van der Waals surface area (Å²) in [6.45, 7) is 3.91. The molecule has 0 fully saturated rings. The zero-order valence-corrected chi connectivity index (χ0v) is 13.2. The summed E-state index contributed by atoms with van der Waals surface area (Å²) < 4.78 is 10.3. The van der Waals surface area contributed by atoms with Crippen LogP contribution in [0.5, 0.6) is 0 Å². The van der Waals surface area contributed by atoms with E-state index in [1.165, 1.54) is 0 Å². The monoisotopic (exact) mass is 311 g/mol. The Morgan fingerprint density at radius 2 is 1.87 bits per heavy atom. The number of carbonyl (C=O) groups excluding carboxylic acids is 1. The summed E-state index contributed by atoms with van der Waals surface area (Å²) in [6, 6.07) is 11.3. The van der Waals surface area contributed by atoms with E-state index in [1.54, 1.807) is 18.9 Å². The van der Waals surface area contributed by atoms with Crippen molar-refractivity contribution in [2.24, 2.45) is 0 Å². The molecule has 6 nitrogen and oxygen atoms in total. The van der Waals surface area contributed by atoms with Gasteiger partial charge in [0.25, 0.3) is 5.91 Å². The fourth-order valence-electron chi connectivity index (χ4n) is 2.42. The van der Waals surface area contributed by atoms with Crippen molar-refractivity contribution in [1.82, 2.24) is 15.2 Å². The summed E-state index contributed by atoms with van der Waals surface area (Å²) in [5, 5.41) is 7.96. The van der Waals surface area contributed by atoms with Crippen LogP contribution in [-0.4, -0.2) is 28.2 Å². The molecule has 0 atom stereocenters. The number of aryl methyl sites for hydroxylation is 2. The van der Waals surface area contributed by atoms with Crippen LogP contribution >= 0.6 is 0 Å². The maximum Gasteiger partial charge on any atom is 0.259 e. The smallest absolute Gasteiger partial charge is 0.259 e. The average Bonchev–Trinajstić information content (AvgIpc) is 3.13. The van der Waals surface area contributed by atoms with Gasteiger partial charge in [-0.1, -0.05) is 40.6 Å². The van der Waals surface area contributed by atoms with Crippen molar-refractivity contribution in [3.05, 3.63) is 59.2 Å². The summed E-state index contributed by atoms with van der Waals surface area (Å²) in [5.74, 6) is 1.05. The first-order valence-corrected chi connectivity index (χ1v) is 7.25. The van der Waals surface area contributed by atoms with Crippen LogP contribution in [-0.2, 0) is 6.54 Å². The van der Waals surface area contributed by atoms with Crippen molar-refractivity contribution in [3.63, 3.8) is 0 Å². The van der Waals surface area contributed by atoms with Crippen molar-refractivity contribution in [1.29, 1.82) is 0 Å². The highest BCUT2D eigenvalue weighted by Crippen LogP contribution is 2.26. The third-order valence-corrected chi connectivity index (χ3v) is 3.55. The first-order chi connectivity index (χ1) is 11.1. The van der Waals surface area contributed by atoms with E-state index in [0.29, 0.717) is 35.0 Å². The molecule has 0 N–H and O–H groups in total. The predicted octanol–water partition coefficient (Wildman–Crippen LogP) is 3.22. The zero-order chi connectivity index (χ0) is 16.4. The topological polar surface area (TPSA) is 72.4 Å². The maximum absolute atomic E-state index is 12.8. The summed E-state index contributed by atoms with van der Waals surface area (Å²) in [5.41, 5.74) is 2.57. The molecule has 2 heterocycles. The van der Waals surface area contributed by atoms with E-state index in [9.17, 15) is 4.79 Å². The SMILES string of the molecule is Cc1cc(CN(C)C(=O)c2c(-c3ccccc3)noc2C)no1. The average molecular weight is 311 g/mol. The second-order valence-electron chi connectivity index (χ2n) is 5.42. The molecule has 0 aliphatic carbocycles. The molecule has 0 bridgehead atoms. The summed E-state index contributed by atoms with van der Waals surface area (Å²) >= 11 is 0. The summed E-state index contributed by atoms with van der Waals surface area (Å²) in [6.07, 6.45) is 0. The standard InChI is InChI=1S/C17H17N3O3/c1-11-9-14(18-22-11)10-20(3)17(21)15-12(2)23-19-16(15)13-7-5-4-6-8-13/h4-9H,10H2,1-3H3. The third-order valence-electron chi connectivity index (χ3n) is 3.55. The van der Waals surface area contributed by atoms with Crippen molar-refractivity contribution in [2.75, 3.05) is 7.05 Å². The minimum Gasteiger partial charge on any atom is -0.361 e. The molecule has 0 radical (unpaired) electrons. The van der Waals surface area contributed by atoms with Crippen LogP contribution in [0.1, 0.15) is 27.6 Å². The van der Waals surface area contributed by atoms with Crippen LogP contribution in [0.25, 0.3) is 11.3 Å². The molecule has 3 rings (SSSR count). The van der Waals surface area contributed by atoms with Gasteiger partial charge in [-0.3, -0.25) is 4.79 Å². The quantitative estimate of drug-likeness (QED) is 0.739. The van der Waals surface area contributed by atoms with E-state index >= 15 is 0 Å². The Hall–Kier alpha value is -2.89. The van der Waals surface area contributed by atoms with Crippen molar-refractivity contribution in [2.45, 2.75) is 20.4 Å². The lowest BCUT2D eigenvalue weighted by atomic mass is 10.1. The van der Waals surface area contributed by atoms with Gasteiger partial charge in [0, 0.05) is 18.7 Å². The largest absolute Gasteiger partial charge is 0.361 e. The molecule has 2 aromatic heterocycles. The number of amides is 1. The number of carbonyl (C=O) groups is 1. The lowest BCUT2D eigenvalue weighted by Gasteiger charge is -2.15. The van der Waals surface area contributed by atoms with E-state index in [4.69, 9.17) is 9.05 Å². The third kappa shape index (κ3) is 3.01. The number of hydrogen-bond acceptors (Lipinski definition) is 5. The van der Waals surface area contributed by atoms with Gasteiger partial charge >= 0.3 is 0 Å². The molecule has 0 aliphatic rings. The highest BCUT2D eigenvalue weighted by atomic mass is 16.5. The van der Waals surface area contributed by atoms with E-state index < -0.39 is 0 Å². The van der Waals surface area contributed by atoms with Crippen LogP contribution in [0, 0.1) is 13.8 Å². The lowest BCUT2D eigenvalue weighted by Crippen LogP contribution is -2.27. The Bertz CT molecular complexity index is 821. The van der Waals surface area contributed by atoms with Gasteiger partial charge in [0.15, 0.2) is 0 Å². The van der Waals surface area contributed by atoms with Crippen LogP contribution in [0.15, 0.2) is 45.4 Å². The van der Waals surface area contributed by atoms with Gasteiger partial charge in [0.1, 0.15) is 28.5 Å². The molecule has 0 saturated carbocycles. The fourth-order valence-corrected chi connectivity index (χ4v) is 2.42. The Labute approximate surface area is 133 Å². The lowest BCUT2D eigenvalue weighted by molar-refractivity contribution is 0.0781. The molecule has 0 spiro atoms. The number of rotatable bonds is 4. The van der Waals surface area contributed by atoms with Gasteiger partial charge in [-0.15, -0.1) is 0 Å². The van der Waals surface area contributed by atoms with E-state index in [2.05, 4.69) is 10.3 Å². The normalized spacial score (nSPS) is 10.7. The molecule has 1 amide bonds. The van der Waals surface area contributed by atoms with Gasteiger partial charge in [-0.2, -0.15) is 0 Å². The Balaban J connectivity index is 1.89. The van der Waals surface area contributed by atoms with Gasteiger partial charge in [-0.05, 0) is 13.8 Å². The van der Waals surface area contributed by atoms with Gasteiger partial charge in [-0.25, -0.2) is 0 Å². The second-order valence-corrected chi connectivity index (χ2v) is 5.42. The first-order valence-electron chi connectivity index (χ1n) is 7.25.